The first kappa shape index (κ1) is 95.9. The first-order valence-electron chi connectivity index (χ1n) is 41.5. The molecule has 0 fully saturated rings. The average Bonchev–Trinajstić information content (AvgIpc) is 1.30. The molecule has 0 saturated carbocycles. The van der Waals surface area contributed by atoms with E-state index in [0.29, 0.717) is 17.4 Å². The highest BCUT2D eigenvalue weighted by atomic mass is 31.2. The molecule has 0 aliphatic heterocycles. The van der Waals surface area contributed by atoms with Crippen molar-refractivity contribution in [3.63, 3.8) is 0 Å². The van der Waals surface area contributed by atoms with E-state index < -0.39 is 26.5 Å². The Morgan fingerprint density at radius 3 is 0.850 bits per heavy atom. The average molecular weight is 1410 g/mol. The molecule has 0 amide bonds. The highest BCUT2D eigenvalue weighted by molar-refractivity contribution is 7.45. The number of carbonyl (C=O) groups excluding carboxylic acids is 2. The molecule has 0 bridgehead atoms. The van der Waals surface area contributed by atoms with Crippen molar-refractivity contribution in [2.24, 2.45) is 0 Å². The predicted molar refractivity (Wildman–Crippen MR) is 434 cm³/mol. The number of quaternary nitrogens is 1. The van der Waals surface area contributed by atoms with Gasteiger partial charge in [0.15, 0.2) is 6.10 Å². The molecule has 0 spiro atoms. The summed E-state index contributed by atoms with van der Waals surface area (Å²) < 4.78 is 34.4. The second-order valence-electron chi connectivity index (χ2n) is 28.8. The van der Waals surface area contributed by atoms with Gasteiger partial charge in [-0.25, -0.2) is 0 Å². The number of esters is 2. The first-order valence-corrected chi connectivity index (χ1v) is 43.0. The fourth-order valence-corrected chi connectivity index (χ4v) is 12.3. The molecular weight excluding hydrogens is 1250 g/mol. The third-order valence-electron chi connectivity index (χ3n) is 17.9. The summed E-state index contributed by atoms with van der Waals surface area (Å²) in [6, 6.07) is 0. The molecule has 9 nitrogen and oxygen atoms in total. The summed E-state index contributed by atoms with van der Waals surface area (Å²) in [5.74, 6) is -0.858. The lowest BCUT2D eigenvalue weighted by atomic mass is 10.0. The van der Waals surface area contributed by atoms with Gasteiger partial charge >= 0.3 is 11.9 Å². The maximum atomic E-state index is 12.9. The van der Waals surface area contributed by atoms with E-state index in [1.165, 1.54) is 205 Å². The Kier molecular flexibility index (Phi) is 75.8. The predicted octanol–water partition coefficient (Wildman–Crippen LogP) is 27.4. The van der Waals surface area contributed by atoms with Gasteiger partial charge in [0.1, 0.15) is 19.8 Å². The Morgan fingerprint density at radius 2 is 0.570 bits per heavy atom. The van der Waals surface area contributed by atoms with E-state index in [-0.39, 0.29) is 32.0 Å². The number of hydrogen-bond acceptors (Lipinski definition) is 8. The minimum atomic E-state index is -4.66. The molecule has 2 atom stereocenters. The normalized spacial score (nSPS) is 13.8. The van der Waals surface area contributed by atoms with Gasteiger partial charge in [-0.3, -0.25) is 14.2 Å². The monoisotopic (exact) mass is 1410 g/mol. The molecule has 100 heavy (non-hydrogen) atoms. The molecule has 0 aliphatic carbocycles. The van der Waals surface area contributed by atoms with Crippen LogP contribution in [0.5, 0.6) is 0 Å². The second kappa shape index (κ2) is 79.0. The van der Waals surface area contributed by atoms with Crippen LogP contribution in [0.3, 0.4) is 0 Å². The second-order valence-corrected chi connectivity index (χ2v) is 30.2. The van der Waals surface area contributed by atoms with E-state index in [1.807, 2.05) is 21.1 Å². The lowest BCUT2D eigenvalue weighted by Crippen LogP contribution is -2.37. The fourth-order valence-electron chi connectivity index (χ4n) is 11.6. The van der Waals surface area contributed by atoms with E-state index in [4.69, 9.17) is 18.5 Å². The topological polar surface area (TPSA) is 111 Å². The van der Waals surface area contributed by atoms with Gasteiger partial charge in [0.2, 0.25) is 0 Å². The Hall–Kier alpha value is -4.11. The van der Waals surface area contributed by atoms with Crippen LogP contribution in [0.15, 0.2) is 146 Å². The van der Waals surface area contributed by atoms with Crippen LogP contribution >= 0.6 is 7.82 Å². The smallest absolute Gasteiger partial charge is 0.306 e. The maximum Gasteiger partial charge on any atom is 0.306 e. The number of likely N-dealkylation sites (N-methyl/N-ethyl adjacent to an activating group) is 1. The van der Waals surface area contributed by atoms with Crippen LogP contribution in [-0.2, 0) is 32.7 Å². The van der Waals surface area contributed by atoms with Gasteiger partial charge in [0, 0.05) is 12.8 Å². The van der Waals surface area contributed by atoms with Crippen LogP contribution in [0.2, 0.25) is 0 Å². The van der Waals surface area contributed by atoms with Gasteiger partial charge in [0.05, 0.1) is 27.7 Å². The molecule has 0 aliphatic rings. The summed E-state index contributed by atoms with van der Waals surface area (Å²) in [5.41, 5.74) is 0. The Labute approximate surface area is 618 Å². The summed E-state index contributed by atoms with van der Waals surface area (Å²) in [7, 11) is 1.14. The number of ether oxygens (including phenoxy) is 2. The summed E-state index contributed by atoms with van der Waals surface area (Å²) in [5, 5.41) is 0. The molecular formula is C90H156NO8P. The zero-order valence-corrected chi connectivity index (χ0v) is 66.5. The van der Waals surface area contributed by atoms with Crippen molar-refractivity contribution in [1.29, 1.82) is 0 Å². The standard InChI is InChI=1S/C90H156NO8P/c1-6-8-10-12-14-16-18-20-22-24-26-28-30-32-34-36-38-40-42-43-44-45-46-47-49-51-53-55-57-59-61-63-65-67-69-71-73-75-77-79-81-83-90(93)99-88(87-98-100(94,95)97-85-84-91(3,4)5)86-96-89(92)82-80-78-76-74-72-70-68-66-64-62-60-58-56-54-52-50-48-41-39-37-35-33-31-29-27-25-23-21-19-17-15-13-11-9-7-2/h8,10,14,16,20,22,26,28,32,34,38,40,43-44,46-47,51,53,57,59,63,65,69,71,88H,6-7,9,11-13,15,17-19,21,23-25,27,29-31,33,35-37,39,41-42,45,48-50,52,54-56,58,60-62,64,66-68,70,72-87H2,1-5H3/b10-8-,16-14-,22-20-,28-26-,34-32-,40-38-,44-43-,47-46-,53-51-,59-57-,65-63-,71-69-. The molecule has 0 aromatic heterocycles. The molecule has 0 heterocycles. The van der Waals surface area contributed by atoms with E-state index in [9.17, 15) is 19.0 Å². The highest BCUT2D eigenvalue weighted by Crippen LogP contribution is 2.38. The first-order chi connectivity index (χ1) is 49.0. The van der Waals surface area contributed by atoms with Crippen LogP contribution in [0.25, 0.3) is 0 Å². The van der Waals surface area contributed by atoms with Gasteiger partial charge in [-0.05, 0) is 103 Å². The number of phosphoric acid groups is 1. The molecule has 10 heteroatoms. The Morgan fingerprint density at radius 1 is 0.320 bits per heavy atom. The summed E-state index contributed by atoms with van der Waals surface area (Å²) in [4.78, 5) is 38.2. The van der Waals surface area contributed by atoms with Gasteiger partial charge < -0.3 is 27.9 Å². The van der Waals surface area contributed by atoms with Gasteiger partial charge in [-0.1, -0.05) is 391 Å². The van der Waals surface area contributed by atoms with Crippen LogP contribution in [0.1, 0.15) is 361 Å². The molecule has 0 aromatic rings. The fraction of sp³-hybridized carbons (Fsp3) is 0.711. The lowest BCUT2D eigenvalue weighted by molar-refractivity contribution is -0.870. The van der Waals surface area contributed by atoms with Crippen LogP contribution in [0.4, 0.5) is 0 Å². The molecule has 0 saturated heterocycles. The van der Waals surface area contributed by atoms with Crippen LogP contribution in [-0.4, -0.2) is 70.0 Å². The van der Waals surface area contributed by atoms with Gasteiger partial charge in [-0.2, -0.15) is 0 Å². The third-order valence-corrected chi connectivity index (χ3v) is 18.8. The molecule has 2 unspecified atom stereocenters. The van der Waals surface area contributed by atoms with Crippen LogP contribution in [0, 0.1) is 0 Å². The van der Waals surface area contributed by atoms with Crippen molar-refractivity contribution < 1.29 is 42.1 Å². The molecule has 574 valence electrons. The number of nitrogens with zero attached hydrogens (tertiary/aromatic N) is 1. The number of allylic oxidation sites excluding steroid dienone is 24. The van der Waals surface area contributed by atoms with Crippen LogP contribution < -0.4 is 4.89 Å². The maximum absolute atomic E-state index is 12.9. The lowest BCUT2D eigenvalue weighted by Gasteiger charge is -2.28. The summed E-state index contributed by atoms with van der Waals surface area (Å²) in [6.07, 6.45) is 117. The van der Waals surface area contributed by atoms with Crippen molar-refractivity contribution >= 4 is 19.8 Å². The van der Waals surface area contributed by atoms with Crippen molar-refractivity contribution in [2.45, 2.75) is 367 Å². The third kappa shape index (κ3) is 82.8. The van der Waals surface area contributed by atoms with Gasteiger partial charge in [-0.15, -0.1) is 0 Å². The SMILES string of the molecule is CC/C=C\C/C=C\C/C=C\C/C=C\C/C=C\C/C=C\C/C=C\C/C=C\C/C=C\C/C=C\C/C=C\C/C=C\CCCCCCC(=O)OC(COC(=O)CCCCCCCCCCCCCCCCCCCCCCCCCCCCCCCCCCCCC)COP(=O)([O-])OCC[N+](C)(C)C. The Bertz CT molecular complexity index is 2210. The van der Waals surface area contributed by atoms with E-state index in [1.54, 1.807) is 0 Å². The number of rotatable bonds is 76. The zero-order chi connectivity index (χ0) is 72.5. The van der Waals surface area contributed by atoms with Crippen molar-refractivity contribution in [2.75, 3.05) is 47.5 Å². The summed E-state index contributed by atoms with van der Waals surface area (Å²) >= 11 is 0. The van der Waals surface area contributed by atoms with E-state index in [2.05, 4.69) is 160 Å². The van der Waals surface area contributed by atoms with Gasteiger partial charge in [0.25, 0.3) is 7.82 Å². The molecule has 0 N–H and O–H groups in total. The number of phosphoric ester groups is 1. The largest absolute Gasteiger partial charge is 0.756 e. The highest BCUT2D eigenvalue weighted by Gasteiger charge is 2.22. The quantitative estimate of drug-likeness (QED) is 0.0195. The van der Waals surface area contributed by atoms with Crippen molar-refractivity contribution in [1.82, 2.24) is 0 Å². The summed E-state index contributed by atoms with van der Waals surface area (Å²) in [6.45, 7) is 4.13. The Balaban J connectivity index is 4.05. The molecule has 0 radical (unpaired) electrons. The minimum Gasteiger partial charge on any atom is -0.756 e. The van der Waals surface area contributed by atoms with Crippen molar-refractivity contribution in [3.8, 4) is 0 Å². The number of unbranched alkanes of at least 4 members (excludes halogenated alkanes) is 38. The van der Waals surface area contributed by atoms with Crippen molar-refractivity contribution in [3.05, 3.63) is 146 Å². The molecule has 0 rings (SSSR count). The number of carbonyl (C=O) groups is 2. The minimum absolute atomic E-state index is 0.0416. The zero-order valence-electron chi connectivity index (χ0n) is 65.6. The van der Waals surface area contributed by atoms with E-state index in [0.717, 1.165) is 122 Å². The number of hydrogen-bond donors (Lipinski definition) is 0. The van der Waals surface area contributed by atoms with E-state index >= 15 is 0 Å². The molecule has 0 aromatic carbocycles.